The second-order valence-corrected chi connectivity index (χ2v) is 11.4. The van der Waals surface area contributed by atoms with Crippen LogP contribution in [0.5, 0.6) is 0 Å². The van der Waals surface area contributed by atoms with E-state index >= 15 is 0 Å². The van der Waals surface area contributed by atoms with Crippen molar-refractivity contribution >= 4 is 35.5 Å². The largest absolute Gasteiger partial charge is 0.469 e. The number of alkyl halides is 6. The molecule has 4 atom stereocenters. The van der Waals surface area contributed by atoms with E-state index < -0.39 is 59.4 Å². The Morgan fingerprint density at radius 3 is 1.24 bits per heavy atom. The molecule has 0 spiro atoms. The van der Waals surface area contributed by atoms with Gasteiger partial charge in [0.15, 0.2) is 0 Å². The normalized spacial score (nSPS) is 20.0. The lowest BCUT2D eigenvalue weighted by atomic mass is 9.84. The molecular weight excluding hydrogens is 678 g/mol. The highest BCUT2D eigenvalue weighted by Gasteiger charge is 2.43. The van der Waals surface area contributed by atoms with Crippen LogP contribution in [0.3, 0.4) is 0 Å². The minimum Gasteiger partial charge on any atom is -0.469 e. The molecule has 2 heterocycles. The van der Waals surface area contributed by atoms with Crippen LogP contribution in [0.4, 0.5) is 47.3 Å². The maximum absolute atomic E-state index is 13.1. The van der Waals surface area contributed by atoms with Crippen LogP contribution >= 0.6 is 0 Å². The van der Waals surface area contributed by atoms with Crippen molar-refractivity contribution < 1.29 is 64.5 Å². The summed E-state index contributed by atoms with van der Waals surface area (Å²) in [5.41, 5.74) is -1.00. The number of amides is 2. The number of hydrogen-bond donors (Lipinski definition) is 0. The van der Waals surface area contributed by atoms with Gasteiger partial charge in [0.05, 0.1) is 61.8 Å². The van der Waals surface area contributed by atoms with Crippen molar-refractivity contribution in [2.45, 2.75) is 89.7 Å². The molecule has 0 aromatic heterocycles. The zero-order chi connectivity index (χ0) is 37.6. The number of fused-ring (bicyclic) bond motifs is 2. The van der Waals surface area contributed by atoms with Gasteiger partial charge in [-0.3, -0.25) is 19.4 Å². The first-order valence-electron chi connectivity index (χ1n) is 16.0. The van der Waals surface area contributed by atoms with Crippen molar-refractivity contribution in [3.8, 4) is 0 Å². The average molecular weight is 719 g/mol. The van der Waals surface area contributed by atoms with Crippen LogP contribution < -0.4 is 9.80 Å². The first-order chi connectivity index (χ1) is 23.5. The predicted molar refractivity (Wildman–Crippen MR) is 169 cm³/mol. The Morgan fingerprint density at radius 2 is 0.980 bits per heavy atom. The van der Waals surface area contributed by atoms with Crippen LogP contribution in [-0.2, 0) is 40.9 Å². The molecule has 2 aromatic carbocycles. The van der Waals surface area contributed by atoms with Crippen LogP contribution in [0, 0.1) is 0 Å². The molecule has 0 saturated heterocycles. The summed E-state index contributed by atoms with van der Waals surface area (Å²) in [6.45, 7) is 7.24. The molecule has 50 heavy (non-hydrogen) atoms. The molecule has 4 rings (SSSR count). The summed E-state index contributed by atoms with van der Waals surface area (Å²) in [5.74, 6) is -2.97. The Labute approximate surface area is 285 Å². The maximum atomic E-state index is 13.1. The third kappa shape index (κ3) is 8.62. The SMILES string of the molecule is CCOC(=O)N1c2ccc(C(F)(F)F)cc2[C@@H](C(=O)OC)C[C@H]1CC.CCOC(=O)N1c2ccc(C(F)(F)F)cc2[C@H](C(=O)OC)C[C@H]1CC. The zero-order valence-electron chi connectivity index (χ0n) is 28.4. The van der Waals surface area contributed by atoms with Gasteiger partial charge in [-0.1, -0.05) is 13.8 Å². The van der Waals surface area contributed by atoms with Gasteiger partial charge in [0.1, 0.15) is 0 Å². The van der Waals surface area contributed by atoms with Gasteiger partial charge in [-0.05, 0) is 87.1 Å². The fraction of sp³-hybridized carbons (Fsp3) is 0.529. The molecular formula is C34H40F6N2O8. The fourth-order valence-electron chi connectivity index (χ4n) is 6.17. The van der Waals surface area contributed by atoms with Gasteiger partial charge < -0.3 is 18.9 Å². The number of anilines is 2. The summed E-state index contributed by atoms with van der Waals surface area (Å²) in [4.78, 5) is 51.5. The number of methoxy groups -OCH3 is 2. The van der Waals surface area contributed by atoms with Gasteiger partial charge >= 0.3 is 36.5 Å². The van der Waals surface area contributed by atoms with Crippen molar-refractivity contribution in [3.05, 3.63) is 58.7 Å². The number of ether oxygens (including phenoxy) is 4. The topological polar surface area (TPSA) is 112 Å². The molecule has 276 valence electrons. The van der Waals surface area contributed by atoms with E-state index in [1.807, 2.05) is 13.8 Å². The van der Waals surface area contributed by atoms with Crippen molar-refractivity contribution in [3.63, 3.8) is 0 Å². The third-order valence-electron chi connectivity index (χ3n) is 8.57. The molecule has 0 aliphatic carbocycles. The lowest BCUT2D eigenvalue weighted by Gasteiger charge is -2.39. The minimum atomic E-state index is -4.55. The van der Waals surface area contributed by atoms with E-state index in [0.29, 0.717) is 12.8 Å². The molecule has 2 aliphatic heterocycles. The van der Waals surface area contributed by atoms with E-state index in [4.69, 9.17) is 18.9 Å². The number of benzene rings is 2. The highest BCUT2D eigenvalue weighted by Crippen LogP contribution is 2.45. The van der Waals surface area contributed by atoms with Gasteiger partial charge in [-0.2, -0.15) is 26.3 Å². The summed E-state index contributed by atoms with van der Waals surface area (Å²) in [6.07, 6.45) is -8.98. The van der Waals surface area contributed by atoms with Crippen LogP contribution in [0.25, 0.3) is 0 Å². The van der Waals surface area contributed by atoms with Crippen molar-refractivity contribution in [2.24, 2.45) is 0 Å². The van der Waals surface area contributed by atoms with E-state index in [-0.39, 0.29) is 60.6 Å². The number of rotatable bonds is 6. The van der Waals surface area contributed by atoms with Gasteiger partial charge in [-0.25, -0.2) is 9.59 Å². The van der Waals surface area contributed by atoms with Crippen molar-refractivity contribution in [2.75, 3.05) is 37.2 Å². The third-order valence-corrected chi connectivity index (χ3v) is 8.57. The van der Waals surface area contributed by atoms with E-state index in [1.165, 1.54) is 36.2 Å². The molecule has 0 saturated carbocycles. The first-order valence-corrected chi connectivity index (χ1v) is 16.0. The van der Waals surface area contributed by atoms with E-state index in [1.54, 1.807) is 13.8 Å². The molecule has 2 aromatic rings. The molecule has 10 nitrogen and oxygen atoms in total. The number of nitrogens with zero attached hydrogens (tertiary/aromatic N) is 2. The quantitative estimate of drug-likeness (QED) is 0.167. The number of hydrogen-bond acceptors (Lipinski definition) is 8. The second kappa shape index (κ2) is 16.5. The van der Waals surface area contributed by atoms with Gasteiger partial charge in [0.2, 0.25) is 0 Å². The predicted octanol–water partition coefficient (Wildman–Crippen LogP) is 8.21. The number of carbonyl (C=O) groups is 4. The summed E-state index contributed by atoms with van der Waals surface area (Å²) >= 11 is 0. The van der Waals surface area contributed by atoms with Crippen molar-refractivity contribution in [1.29, 1.82) is 0 Å². The smallest absolute Gasteiger partial charge is 0.416 e. The minimum absolute atomic E-state index is 0.124. The van der Waals surface area contributed by atoms with Crippen LogP contribution in [0.15, 0.2) is 36.4 Å². The molecule has 2 amide bonds. The highest BCUT2D eigenvalue weighted by atomic mass is 19.4. The molecule has 2 aliphatic rings. The molecule has 0 unspecified atom stereocenters. The summed E-state index contributed by atoms with van der Waals surface area (Å²) < 4.78 is 98.0. The van der Waals surface area contributed by atoms with Gasteiger partial charge in [0.25, 0.3) is 0 Å². The summed E-state index contributed by atoms with van der Waals surface area (Å²) in [6, 6.07) is 5.32. The Morgan fingerprint density at radius 1 is 0.640 bits per heavy atom. The number of carbonyl (C=O) groups excluding carboxylic acids is 4. The van der Waals surface area contributed by atoms with Crippen molar-refractivity contribution in [1.82, 2.24) is 0 Å². The van der Waals surface area contributed by atoms with Gasteiger partial charge in [-0.15, -0.1) is 0 Å². The fourth-order valence-corrected chi connectivity index (χ4v) is 6.17. The zero-order valence-corrected chi connectivity index (χ0v) is 28.4. The molecule has 0 N–H and O–H groups in total. The lowest BCUT2D eigenvalue weighted by molar-refractivity contribution is -0.143. The Kier molecular flexibility index (Phi) is 13.2. The highest BCUT2D eigenvalue weighted by molar-refractivity contribution is 5.94. The number of halogens is 6. The molecule has 0 fully saturated rings. The first kappa shape index (κ1) is 39.9. The summed E-state index contributed by atoms with van der Waals surface area (Å²) in [5, 5.41) is 0. The Hall–Kier alpha value is -4.50. The molecule has 16 heteroatoms. The monoisotopic (exact) mass is 718 g/mol. The Balaban J connectivity index is 0.000000270. The number of esters is 2. The average Bonchev–Trinajstić information content (AvgIpc) is 3.08. The van der Waals surface area contributed by atoms with Crippen LogP contribution in [0.1, 0.15) is 87.5 Å². The second-order valence-electron chi connectivity index (χ2n) is 11.4. The molecule has 0 radical (unpaired) electrons. The van der Waals surface area contributed by atoms with E-state index in [9.17, 15) is 45.5 Å². The van der Waals surface area contributed by atoms with Gasteiger partial charge in [0, 0.05) is 12.1 Å². The van der Waals surface area contributed by atoms with E-state index in [0.717, 1.165) is 24.3 Å². The van der Waals surface area contributed by atoms with Crippen LogP contribution in [-0.4, -0.2) is 63.6 Å². The Bertz CT molecular complexity index is 1430. The maximum Gasteiger partial charge on any atom is 0.416 e. The summed E-state index contributed by atoms with van der Waals surface area (Å²) in [7, 11) is 2.38. The standard InChI is InChI=1S/2C17H20F3NO4/c2*1-4-11-9-13(15(22)24-3)12-8-10(17(18,19)20)6-7-14(12)21(11)16(23)25-5-2/h2*6-8,11,13H,4-5,9H2,1-3H3/t11-,13+;11-,13-/m11/s1. The lowest BCUT2D eigenvalue weighted by Crippen LogP contribution is -2.46. The van der Waals surface area contributed by atoms with Crippen LogP contribution in [0.2, 0.25) is 0 Å². The van der Waals surface area contributed by atoms with E-state index in [2.05, 4.69) is 0 Å². The molecule has 0 bridgehead atoms.